The van der Waals surface area contributed by atoms with E-state index in [1.807, 2.05) is 0 Å². The summed E-state index contributed by atoms with van der Waals surface area (Å²) in [6.07, 6.45) is 5.50. The molecule has 25 heavy (non-hydrogen) atoms. The summed E-state index contributed by atoms with van der Waals surface area (Å²) in [7, 11) is 0. The van der Waals surface area contributed by atoms with Crippen molar-refractivity contribution in [2.45, 2.75) is 46.0 Å². The number of carboxylic acid groups (broad SMARTS) is 1. The van der Waals surface area contributed by atoms with Crippen molar-refractivity contribution >= 4 is 11.9 Å². The van der Waals surface area contributed by atoms with Crippen molar-refractivity contribution in [3.8, 4) is 11.8 Å². The van der Waals surface area contributed by atoms with Gasteiger partial charge in [0.1, 0.15) is 5.92 Å². The van der Waals surface area contributed by atoms with Crippen LogP contribution in [0.5, 0.6) is 0 Å². The number of carbonyl (C=O) groups excluding carboxylic acids is 1. The third kappa shape index (κ3) is 5.22. The molecule has 2 rings (SSSR count). The highest BCUT2D eigenvalue weighted by Crippen LogP contribution is 2.43. The second-order valence-corrected chi connectivity index (χ2v) is 6.07. The summed E-state index contributed by atoms with van der Waals surface area (Å²) in [6.45, 7) is 4.34. The summed E-state index contributed by atoms with van der Waals surface area (Å²) in [5.74, 6) is 4.67. The summed E-state index contributed by atoms with van der Waals surface area (Å²) in [6, 6.07) is 6.42. The number of ether oxygens (including phenoxy) is 1. The molecule has 0 radical (unpaired) electrons. The number of carbonyl (C=O) groups is 2. The van der Waals surface area contributed by atoms with Gasteiger partial charge in [0.2, 0.25) is 0 Å². The average molecular weight is 340 g/mol. The van der Waals surface area contributed by atoms with E-state index < -0.39 is 5.97 Å². The molecule has 0 aromatic heterocycles. The van der Waals surface area contributed by atoms with Crippen molar-refractivity contribution in [1.29, 1.82) is 0 Å². The minimum atomic E-state index is -0.957. The lowest BCUT2D eigenvalue weighted by atomic mass is 10.1. The summed E-state index contributed by atoms with van der Waals surface area (Å²) < 4.78 is 5.13. The molecule has 1 aromatic rings. The Balaban J connectivity index is 2.06. The predicted molar refractivity (Wildman–Crippen MR) is 96.2 cm³/mol. The van der Waals surface area contributed by atoms with Gasteiger partial charge in [-0.15, -0.1) is 0 Å². The highest BCUT2D eigenvalue weighted by molar-refractivity contribution is 5.89. The van der Waals surface area contributed by atoms with Crippen LogP contribution >= 0.6 is 0 Å². The fourth-order valence-corrected chi connectivity index (χ4v) is 2.76. The Morgan fingerprint density at radius 2 is 1.80 bits per heavy atom. The number of hydrogen-bond donors (Lipinski definition) is 1. The zero-order chi connectivity index (χ0) is 18.2. The van der Waals surface area contributed by atoms with E-state index in [1.165, 1.54) is 25.0 Å². The van der Waals surface area contributed by atoms with Crippen LogP contribution in [0.4, 0.5) is 0 Å². The number of unbranched alkanes of at least 4 members (excludes halogenated alkanes) is 3. The summed E-state index contributed by atoms with van der Waals surface area (Å²) in [5, 5.41) is 8.91. The van der Waals surface area contributed by atoms with Crippen molar-refractivity contribution in [3.05, 3.63) is 46.5 Å². The van der Waals surface area contributed by atoms with Gasteiger partial charge >= 0.3 is 11.9 Å². The molecule has 4 nitrogen and oxygen atoms in total. The van der Waals surface area contributed by atoms with Crippen LogP contribution in [0.25, 0.3) is 0 Å². The summed E-state index contributed by atoms with van der Waals surface area (Å²) in [5.41, 5.74) is 2.94. The molecule has 1 unspecified atom stereocenters. The molecular weight excluding hydrogens is 316 g/mol. The molecule has 1 atom stereocenters. The van der Waals surface area contributed by atoms with Gasteiger partial charge in [-0.2, -0.15) is 0 Å². The van der Waals surface area contributed by atoms with Gasteiger partial charge in [0, 0.05) is 11.1 Å². The molecule has 132 valence electrons. The monoisotopic (exact) mass is 340 g/mol. The number of rotatable bonds is 8. The SMILES string of the molecule is CCCCCCC1=C(C#Cc2ccc(C(=O)O)cc2)C1C(=O)OCC. The molecule has 0 saturated carbocycles. The molecule has 1 aliphatic rings. The van der Waals surface area contributed by atoms with E-state index in [0.717, 1.165) is 36.0 Å². The van der Waals surface area contributed by atoms with Gasteiger partial charge < -0.3 is 9.84 Å². The standard InChI is InChI=1S/C21H24O4/c1-3-5-6-7-8-17-18(19(17)21(24)25-4-2)14-11-15-9-12-16(13-10-15)20(22)23/h9-10,12-13,19H,3-8H2,1-2H3,(H,22,23). The largest absolute Gasteiger partial charge is 0.478 e. The maximum atomic E-state index is 12.0. The predicted octanol–water partition coefficient (Wildman–Crippen LogP) is 4.20. The topological polar surface area (TPSA) is 63.6 Å². The third-order valence-corrected chi connectivity index (χ3v) is 4.20. The van der Waals surface area contributed by atoms with Crippen molar-refractivity contribution in [2.75, 3.05) is 6.61 Å². The van der Waals surface area contributed by atoms with Crippen molar-refractivity contribution in [3.63, 3.8) is 0 Å². The molecule has 1 aliphatic carbocycles. The van der Waals surface area contributed by atoms with E-state index in [4.69, 9.17) is 9.84 Å². The van der Waals surface area contributed by atoms with Crippen LogP contribution < -0.4 is 0 Å². The summed E-state index contributed by atoms with van der Waals surface area (Å²) >= 11 is 0. The number of benzene rings is 1. The Bertz CT molecular complexity index is 717. The van der Waals surface area contributed by atoms with Gasteiger partial charge in [0.15, 0.2) is 0 Å². The Morgan fingerprint density at radius 3 is 2.40 bits per heavy atom. The first-order valence-electron chi connectivity index (χ1n) is 8.83. The number of hydrogen-bond acceptors (Lipinski definition) is 3. The van der Waals surface area contributed by atoms with Crippen LogP contribution in [0.1, 0.15) is 61.9 Å². The second-order valence-electron chi connectivity index (χ2n) is 6.07. The van der Waals surface area contributed by atoms with Crippen LogP contribution in [0.15, 0.2) is 35.4 Å². The first kappa shape index (κ1) is 18.8. The Labute approximate surface area is 148 Å². The molecule has 1 N–H and O–H groups in total. The van der Waals surface area contributed by atoms with Crippen LogP contribution in [-0.4, -0.2) is 23.7 Å². The zero-order valence-electron chi connectivity index (χ0n) is 14.8. The highest BCUT2D eigenvalue weighted by atomic mass is 16.5. The Kier molecular flexibility index (Phi) is 6.82. The van der Waals surface area contributed by atoms with Crippen molar-refractivity contribution in [1.82, 2.24) is 0 Å². The lowest BCUT2D eigenvalue weighted by Gasteiger charge is -2.01. The van der Waals surface area contributed by atoms with E-state index >= 15 is 0 Å². The number of aromatic carboxylic acids is 1. The van der Waals surface area contributed by atoms with Crippen LogP contribution in [0, 0.1) is 17.8 Å². The first-order chi connectivity index (χ1) is 12.1. The van der Waals surface area contributed by atoms with Gasteiger partial charge in [-0.1, -0.05) is 38.0 Å². The minimum Gasteiger partial charge on any atom is -0.478 e. The lowest BCUT2D eigenvalue weighted by Crippen LogP contribution is -2.09. The van der Waals surface area contributed by atoms with E-state index in [9.17, 15) is 9.59 Å². The average Bonchev–Trinajstić information content (AvgIpc) is 3.30. The molecule has 0 fully saturated rings. The smallest absolute Gasteiger partial charge is 0.335 e. The molecule has 0 saturated heterocycles. The van der Waals surface area contributed by atoms with Gasteiger partial charge in [-0.3, -0.25) is 4.79 Å². The van der Waals surface area contributed by atoms with Gasteiger partial charge in [0.25, 0.3) is 0 Å². The van der Waals surface area contributed by atoms with E-state index in [-0.39, 0.29) is 17.5 Å². The maximum Gasteiger partial charge on any atom is 0.335 e. The molecule has 1 aromatic carbocycles. The molecular formula is C21H24O4. The van der Waals surface area contributed by atoms with Crippen molar-refractivity contribution < 1.29 is 19.4 Å². The van der Waals surface area contributed by atoms with E-state index in [1.54, 1.807) is 19.1 Å². The molecule has 0 aliphatic heterocycles. The molecule has 0 spiro atoms. The third-order valence-electron chi connectivity index (χ3n) is 4.20. The van der Waals surface area contributed by atoms with Crippen LogP contribution in [0.3, 0.4) is 0 Å². The molecule has 0 heterocycles. The van der Waals surface area contributed by atoms with Crippen LogP contribution in [-0.2, 0) is 9.53 Å². The van der Waals surface area contributed by atoms with Crippen LogP contribution in [0.2, 0.25) is 0 Å². The highest BCUT2D eigenvalue weighted by Gasteiger charge is 2.42. The maximum absolute atomic E-state index is 12.0. The quantitative estimate of drug-likeness (QED) is 0.438. The lowest BCUT2D eigenvalue weighted by molar-refractivity contribution is -0.144. The summed E-state index contributed by atoms with van der Waals surface area (Å²) in [4.78, 5) is 22.9. The number of esters is 1. The molecule has 4 heteroatoms. The Morgan fingerprint density at radius 1 is 1.08 bits per heavy atom. The fourth-order valence-electron chi connectivity index (χ4n) is 2.76. The normalized spacial score (nSPS) is 15.4. The van der Waals surface area contributed by atoms with E-state index in [2.05, 4.69) is 18.8 Å². The zero-order valence-corrected chi connectivity index (χ0v) is 14.8. The van der Waals surface area contributed by atoms with Gasteiger partial charge in [-0.05, 0) is 49.6 Å². The van der Waals surface area contributed by atoms with Gasteiger partial charge in [0.05, 0.1) is 12.2 Å². The molecule has 0 amide bonds. The van der Waals surface area contributed by atoms with Gasteiger partial charge in [-0.25, -0.2) is 4.79 Å². The minimum absolute atomic E-state index is 0.210. The second kappa shape index (κ2) is 9.08. The molecule has 0 bridgehead atoms. The van der Waals surface area contributed by atoms with E-state index in [0.29, 0.717) is 6.61 Å². The van der Waals surface area contributed by atoms with Crippen molar-refractivity contribution in [2.24, 2.45) is 5.92 Å². The first-order valence-corrected chi connectivity index (χ1v) is 8.83. The Hall–Kier alpha value is -2.54. The number of carboxylic acids is 1. The fraction of sp³-hybridized carbons (Fsp3) is 0.429.